The van der Waals surface area contributed by atoms with Crippen LogP contribution in [-0.4, -0.2) is 43.3 Å². The van der Waals surface area contributed by atoms with Crippen molar-refractivity contribution in [3.05, 3.63) is 36.5 Å². The molecule has 0 aliphatic rings. The standard InChI is InChI=1S/C18H22N6O2S/c1-12(2)24-15(9-10-19-24)20-16(25)11-27-18-22-21-17(23(18)3)13-7-5-6-8-14(13)26-4/h5-10,12H,11H2,1-4H3,(H,20,25). The molecule has 1 amide bonds. The molecule has 0 fully saturated rings. The van der Waals surface area contributed by atoms with E-state index in [1.807, 2.05) is 49.7 Å². The van der Waals surface area contributed by atoms with Gasteiger partial charge in [-0.2, -0.15) is 5.10 Å². The van der Waals surface area contributed by atoms with Crippen LogP contribution in [0.25, 0.3) is 11.4 Å². The van der Waals surface area contributed by atoms with Gasteiger partial charge in [-0.25, -0.2) is 4.68 Å². The minimum Gasteiger partial charge on any atom is -0.496 e. The lowest BCUT2D eigenvalue weighted by molar-refractivity contribution is -0.113. The maximum Gasteiger partial charge on any atom is 0.235 e. The number of methoxy groups -OCH3 is 1. The van der Waals surface area contributed by atoms with Crippen molar-refractivity contribution in [2.75, 3.05) is 18.2 Å². The number of carbonyl (C=O) groups is 1. The minimum atomic E-state index is -0.121. The first-order valence-corrected chi connectivity index (χ1v) is 9.48. The number of amides is 1. The van der Waals surface area contributed by atoms with E-state index in [9.17, 15) is 4.79 Å². The number of rotatable bonds is 7. The fourth-order valence-electron chi connectivity index (χ4n) is 2.64. The Kier molecular flexibility index (Phi) is 5.80. The molecule has 2 aromatic heterocycles. The Hall–Kier alpha value is -2.81. The fraction of sp³-hybridized carbons (Fsp3) is 0.333. The normalized spacial score (nSPS) is 11.0. The van der Waals surface area contributed by atoms with Crippen LogP contribution < -0.4 is 10.1 Å². The van der Waals surface area contributed by atoms with Gasteiger partial charge in [0.25, 0.3) is 0 Å². The van der Waals surface area contributed by atoms with Crippen LogP contribution in [0, 0.1) is 0 Å². The van der Waals surface area contributed by atoms with E-state index in [0.717, 1.165) is 11.3 Å². The second-order valence-corrected chi connectivity index (χ2v) is 7.10. The second kappa shape index (κ2) is 8.26. The molecule has 1 N–H and O–H groups in total. The molecule has 0 spiro atoms. The number of aromatic nitrogens is 5. The maximum absolute atomic E-state index is 12.3. The number of ether oxygens (including phenoxy) is 1. The van der Waals surface area contributed by atoms with E-state index in [2.05, 4.69) is 20.6 Å². The molecule has 8 nitrogen and oxygen atoms in total. The molecule has 27 heavy (non-hydrogen) atoms. The van der Waals surface area contributed by atoms with Crippen LogP contribution in [0.2, 0.25) is 0 Å². The van der Waals surface area contributed by atoms with Crippen LogP contribution in [0.1, 0.15) is 19.9 Å². The number of hydrogen-bond donors (Lipinski definition) is 1. The van der Waals surface area contributed by atoms with Crippen molar-refractivity contribution in [2.45, 2.75) is 25.0 Å². The van der Waals surface area contributed by atoms with Crippen molar-refractivity contribution >= 4 is 23.5 Å². The summed E-state index contributed by atoms with van der Waals surface area (Å²) in [4.78, 5) is 12.3. The summed E-state index contributed by atoms with van der Waals surface area (Å²) in [5.41, 5.74) is 0.854. The van der Waals surface area contributed by atoms with E-state index in [0.29, 0.717) is 16.8 Å². The van der Waals surface area contributed by atoms with Crippen molar-refractivity contribution in [3.8, 4) is 17.1 Å². The van der Waals surface area contributed by atoms with Gasteiger partial charge in [-0.1, -0.05) is 23.9 Å². The minimum absolute atomic E-state index is 0.121. The molecule has 0 aliphatic carbocycles. The van der Waals surface area contributed by atoms with E-state index in [1.165, 1.54) is 11.8 Å². The van der Waals surface area contributed by atoms with Gasteiger partial charge in [-0.05, 0) is 26.0 Å². The van der Waals surface area contributed by atoms with Gasteiger partial charge >= 0.3 is 0 Å². The first-order chi connectivity index (χ1) is 13.0. The average molecular weight is 386 g/mol. The Labute approximate surface area is 161 Å². The molecule has 0 saturated carbocycles. The number of nitrogens with zero attached hydrogens (tertiary/aromatic N) is 5. The lowest BCUT2D eigenvalue weighted by atomic mass is 10.2. The number of para-hydroxylation sites is 1. The molecular formula is C18H22N6O2S. The Morgan fingerprint density at radius 1 is 1.26 bits per heavy atom. The highest BCUT2D eigenvalue weighted by Gasteiger charge is 2.16. The molecule has 142 valence electrons. The molecule has 0 saturated heterocycles. The monoisotopic (exact) mass is 386 g/mol. The summed E-state index contributed by atoms with van der Waals surface area (Å²) in [7, 11) is 3.49. The second-order valence-electron chi connectivity index (χ2n) is 6.16. The van der Waals surface area contributed by atoms with Crippen LogP contribution in [0.3, 0.4) is 0 Å². The summed E-state index contributed by atoms with van der Waals surface area (Å²) in [6, 6.07) is 9.58. The first-order valence-electron chi connectivity index (χ1n) is 8.50. The lowest BCUT2D eigenvalue weighted by Crippen LogP contribution is -2.18. The molecule has 0 bridgehead atoms. The van der Waals surface area contributed by atoms with Crippen LogP contribution in [0.15, 0.2) is 41.7 Å². The number of anilines is 1. The zero-order chi connectivity index (χ0) is 19.4. The summed E-state index contributed by atoms with van der Waals surface area (Å²) in [5, 5.41) is 16.2. The van der Waals surface area contributed by atoms with Crippen LogP contribution in [-0.2, 0) is 11.8 Å². The van der Waals surface area contributed by atoms with E-state index < -0.39 is 0 Å². The molecule has 0 radical (unpaired) electrons. The summed E-state index contributed by atoms with van der Waals surface area (Å²) in [5.74, 6) is 2.20. The van der Waals surface area contributed by atoms with Gasteiger partial charge in [-0.3, -0.25) is 4.79 Å². The number of hydrogen-bond acceptors (Lipinski definition) is 6. The average Bonchev–Trinajstić information content (AvgIpc) is 3.26. The SMILES string of the molecule is COc1ccccc1-c1nnc(SCC(=O)Nc2ccnn2C(C)C)n1C. The highest BCUT2D eigenvalue weighted by Crippen LogP contribution is 2.30. The summed E-state index contributed by atoms with van der Waals surface area (Å²) < 4.78 is 9.01. The molecule has 3 aromatic rings. The third kappa shape index (κ3) is 4.13. The van der Waals surface area contributed by atoms with Gasteiger partial charge in [0.1, 0.15) is 11.6 Å². The van der Waals surface area contributed by atoms with Crippen LogP contribution in [0.5, 0.6) is 5.75 Å². The van der Waals surface area contributed by atoms with Gasteiger partial charge in [0.05, 0.1) is 24.6 Å². The predicted molar refractivity (Wildman–Crippen MR) is 105 cm³/mol. The van der Waals surface area contributed by atoms with Gasteiger partial charge in [0, 0.05) is 19.2 Å². The van der Waals surface area contributed by atoms with E-state index >= 15 is 0 Å². The summed E-state index contributed by atoms with van der Waals surface area (Å²) in [6.45, 7) is 4.02. The number of carbonyl (C=O) groups excluding carboxylic acids is 1. The highest BCUT2D eigenvalue weighted by molar-refractivity contribution is 7.99. The van der Waals surface area contributed by atoms with Gasteiger partial charge < -0.3 is 14.6 Å². The van der Waals surface area contributed by atoms with E-state index in [-0.39, 0.29) is 17.7 Å². The Morgan fingerprint density at radius 2 is 2.04 bits per heavy atom. The molecule has 2 heterocycles. The maximum atomic E-state index is 12.3. The summed E-state index contributed by atoms with van der Waals surface area (Å²) in [6.07, 6.45) is 1.67. The number of nitrogens with one attached hydrogen (secondary N) is 1. The van der Waals surface area contributed by atoms with Gasteiger partial charge in [0.2, 0.25) is 5.91 Å². The lowest BCUT2D eigenvalue weighted by Gasteiger charge is -2.11. The van der Waals surface area contributed by atoms with Gasteiger partial charge in [-0.15, -0.1) is 10.2 Å². The Balaban J connectivity index is 1.68. The molecule has 9 heteroatoms. The molecule has 0 aliphatic heterocycles. The summed E-state index contributed by atoms with van der Waals surface area (Å²) >= 11 is 1.33. The highest BCUT2D eigenvalue weighted by atomic mass is 32.2. The zero-order valence-corrected chi connectivity index (χ0v) is 16.5. The van der Waals surface area contributed by atoms with Gasteiger partial charge in [0.15, 0.2) is 11.0 Å². The number of thioether (sulfide) groups is 1. The largest absolute Gasteiger partial charge is 0.496 e. The molecular weight excluding hydrogens is 364 g/mol. The molecule has 0 atom stereocenters. The smallest absolute Gasteiger partial charge is 0.235 e. The van der Waals surface area contributed by atoms with Crippen LogP contribution in [0.4, 0.5) is 5.82 Å². The Morgan fingerprint density at radius 3 is 2.78 bits per heavy atom. The molecule has 0 unspecified atom stereocenters. The number of benzene rings is 1. The van der Waals surface area contributed by atoms with Crippen LogP contribution >= 0.6 is 11.8 Å². The van der Waals surface area contributed by atoms with Crippen molar-refractivity contribution < 1.29 is 9.53 Å². The zero-order valence-electron chi connectivity index (χ0n) is 15.7. The molecule has 3 rings (SSSR count). The third-order valence-electron chi connectivity index (χ3n) is 3.94. The fourth-order valence-corrected chi connectivity index (χ4v) is 3.35. The first kappa shape index (κ1) is 19.0. The quantitative estimate of drug-likeness (QED) is 0.628. The van der Waals surface area contributed by atoms with Crippen molar-refractivity contribution in [1.82, 2.24) is 24.5 Å². The van der Waals surface area contributed by atoms with Crippen molar-refractivity contribution in [2.24, 2.45) is 7.05 Å². The predicted octanol–water partition coefficient (Wildman–Crippen LogP) is 3.00. The Bertz CT molecular complexity index is 934. The topological polar surface area (TPSA) is 86.9 Å². The van der Waals surface area contributed by atoms with Crippen molar-refractivity contribution in [3.63, 3.8) is 0 Å². The third-order valence-corrected chi connectivity index (χ3v) is 4.96. The van der Waals surface area contributed by atoms with E-state index in [1.54, 1.807) is 24.1 Å². The van der Waals surface area contributed by atoms with E-state index in [4.69, 9.17) is 4.74 Å². The molecule has 1 aromatic carbocycles. The van der Waals surface area contributed by atoms with Crippen molar-refractivity contribution in [1.29, 1.82) is 0 Å².